The Morgan fingerprint density at radius 2 is 1.76 bits per heavy atom. The van der Waals surface area contributed by atoms with Crippen molar-refractivity contribution in [3.63, 3.8) is 0 Å². The quantitative estimate of drug-likeness (QED) is 0.362. The zero-order valence-electron chi connectivity index (χ0n) is 19.9. The molecule has 0 radical (unpaired) electrons. The van der Waals surface area contributed by atoms with E-state index in [1.165, 1.54) is 11.1 Å². The highest BCUT2D eigenvalue weighted by Crippen LogP contribution is 2.34. The molecule has 6 nitrogen and oxygen atoms in total. The molecule has 0 aliphatic carbocycles. The van der Waals surface area contributed by atoms with E-state index in [1.807, 2.05) is 24.3 Å². The number of nitrogens with zero attached hydrogens (tertiary/aromatic N) is 2. The van der Waals surface area contributed by atoms with Crippen molar-refractivity contribution in [1.82, 2.24) is 10.2 Å². The highest BCUT2D eigenvalue weighted by molar-refractivity contribution is 5.96. The second-order valence-electron chi connectivity index (χ2n) is 9.08. The number of amidine groups is 1. The van der Waals surface area contributed by atoms with Gasteiger partial charge in [-0.05, 0) is 74.3 Å². The van der Waals surface area contributed by atoms with Crippen LogP contribution in [0.1, 0.15) is 30.4 Å². The van der Waals surface area contributed by atoms with Gasteiger partial charge in [0.15, 0.2) is 0 Å². The van der Waals surface area contributed by atoms with Gasteiger partial charge in [-0.15, -0.1) is 0 Å². The number of anilines is 2. The van der Waals surface area contributed by atoms with Crippen LogP contribution in [0.5, 0.6) is 0 Å². The van der Waals surface area contributed by atoms with E-state index >= 15 is 0 Å². The fraction of sp³-hybridized carbons (Fsp3) is 0.286. The second-order valence-corrected chi connectivity index (χ2v) is 9.08. The summed E-state index contributed by atoms with van der Waals surface area (Å²) in [6, 6.07) is 24.1. The monoisotopic (exact) mass is 455 g/mol. The van der Waals surface area contributed by atoms with Crippen LogP contribution in [0, 0.1) is 5.41 Å². The molecule has 176 valence electrons. The van der Waals surface area contributed by atoms with E-state index in [-0.39, 0.29) is 17.8 Å². The molecule has 1 amide bonds. The van der Waals surface area contributed by atoms with Crippen LogP contribution in [0.3, 0.4) is 0 Å². The molecule has 4 N–H and O–H groups in total. The molecule has 0 spiro atoms. The van der Waals surface area contributed by atoms with Gasteiger partial charge in [0, 0.05) is 30.0 Å². The molecule has 4 rings (SSSR count). The summed E-state index contributed by atoms with van der Waals surface area (Å²) in [4.78, 5) is 17.3. The van der Waals surface area contributed by atoms with Gasteiger partial charge in [0.05, 0.1) is 0 Å². The van der Waals surface area contributed by atoms with Crippen molar-refractivity contribution in [2.75, 3.05) is 25.5 Å². The third-order valence-corrected chi connectivity index (χ3v) is 6.21. The smallest absolute Gasteiger partial charge is 0.243 e. The highest BCUT2D eigenvalue weighted by Gasteiger charge is 2.29. The second kappa shape index (κ2) is 10.5. The van der Waals surface area contributed by atoms with Gasteiger partial charge in [0.2, 0.25) is 5.91 Å². The molecule has 6 heteroatoms. The van der Waals surface area contributed by atoms with Crippen molar-refractivity contribution in [3.8, 4) is 11.1 Å². The number of nitrogen functional groups attached to an aromatic ring is 1. The SMILES string of the molecule is CN(C)Cc1ccccc1-c1ccc(N(c2cccc(C(=N)N)c2)C2CCCCNC2=O)cc1. The van der Waals surface area contributed by atoms with Crippen molar-refractivity contribution in [2.45, 2.75) is 31.8 Å². The first kappa shape index (κ1) is 23.5. The predicted octanol–water partition coefficient (Wildman–Crippen LogP) is 4.51. The Hall–Kier alpha value is -3.64. The third kappa shape index (κ3) is 5.29. The Labute approximate surface area is 201 Å². The molecule has 3 aromatic carbocycles. The average molecular weight is 456 g/mol. The van der Waals surface area contributed by atoms with E-state index in [0.717, 1.165) is 42.7 Å². The fourth-order valence-corrected chi connectivity index (χ4v) is 4.58. The molecule has 3 aromatic rings. The van der Waals surface area contributed by atoms with Crippen LogP contribution < -0.4 is 16.0 Å². The van der Waals surface area contributed by atoms with Gasteiger partial charge in [0.25, 0.3) is 0 Å². The first-order valence-corrected chi connectivity index (χ1v) is 11.8. The number of amides is 1. The van der Waals surface area contributed by atoms with Crippen LogP contribution in [-0.2, 0) is 11.3 Å². The summed E-state index contributed by atoms with van der Waals surface area (Å²) in [6.07, 6.45) is 2.72. The summed E-state index contributed by atoms with van der Waals surface area (Å²) in [7, 11) is 4.15. The molecular weight excluding hydrogens is 422 g/mol. The number of benzene rings is 3. The number of rotatable bonds is 7. The molecule has 1 saturated heterocycles. The lowest BCUT2D eigenvalue weighted by Gasteiger charge is -2.32. The van der Waals surface area contributed by atoms with Crippen LogP contribution >= 0.6 is 0 Å². The van der Waals surface area contributed by atoms with Crippen molar-refractivity contribution in [2.24, 2.45) is 5.73 Å². The van der Waals surface area contributed by atoms with Crippen molar-refractivity contribution in [3.05, 3.63) is 83.9 Å². The third-order valence-electron chi connectivity index (χ3n) is 6.21. The molecule has 1 aliphatic rings. The van der Waals surface area contributed by atoms with Crippen LogP contribution in [-0.4, -0.2) is 43.3 Å². The van der Waals surface area contributed by atoms with Crippen LogP contribution in [0.2, 0.25) is 0 Å². The number of hydrogen-bond acceptors (Lipinski definition) is 4. The molecule has 1 aliphatic heterocycles. The lowest BCUT2D eigenvalue weighted by molar-refractivity contribution is -0.121. The molecule has 1 unspecified atom stereocenters. The number of nitrogens with two attached hydrogens (primary N) is 1. The molecule has 0 saturated carbocycles. The number of carbonyl (C=O) groups is 1. The maximum Gasteiger partial charge on any atom is 0.243 e. The summed E-state index contributed by atoms with van der Waals surface area (Å²) >= 11 is 0. The van der Waals surface area contributed by atoms with E-state index in [1.54, 1.807) is 0 Å². The molecular formula is C28H33N5O. The van der Waals surface area contributed by atoms with Crippen molar-refractivity contribution in [1.29, 1.82) is 5.41 Å². The van der Waals surface area contributed by atoms with E-state index in [0.29, 0.717) is 12.1 Å². The first-order valence-electron chi connectivity index (χ1n) is 11.8. The summed E-state index contributed by atoms with van der Waals surface area (Å²) in [5, 5.41) is 10.9. The fourth-order valence-electron chi connectivity index (χ4n) is 4.58. The summed E-state index contributed by atoms with van der Waals surface area (Å²) in [5.41, 5.74) is 11.8. The van der Waals surface area contributed by atoms with Crippen molar-refractivity contribution >= 4 is 23.1 Å². The topological polar surface area (TPSA) is 85.4 Å². The maximum atomic E-state index is 13.0. The summed E-state index contributed by atoms with van der Waals surface area (Å²) in [6.45, 7) is 1.57. The number of hydrogen-bond donors (Lipinski definition) is 3. The summed E-state index contributed by atoms with van der Waals surface area (Å²) in [5.74, 6) is 0.0473. The largest absolute Gasteiger partial charge is 0.384 e. The van der Waals surface area contributed by atoms with Gasteiger partial charge >= 0.3 is 0 Å². The zero-order valence-corrected chi connectivity index (χ0v) is 19.9. The average Bonchev–Trinajstić information content (AvgIpc) is 3.04. The first-order chi connectivity index (χ1) is 16.4. The van der Waals surface area contributed by atoms with Gasteiger partial charge in [-0.25, -0.2) is 0 Å². The van der Waals surface area contributed by atoms with E-state index < -0.39 is 0 Å². The highest BCUT2D eigenvalue weighted by atomic mass is 16.2. The maximum absolute atomic E-state index is 13.0. The Kier molecular flexibility index (Phi) is 7.28. The summed E-state index contributed by atoms with van der Waals surface area (Å²) < 4.78 is 0. The molecule has 34 heavy (non-hydrogen) atoms. The van der Waals surface area contributed by atoms with Gasteiger partial charge < -0.3 is 20.9 Å². The molecule has 1 fully saturated rings. The minimum absolute atomic E-state index is 0.0139. The van der Waals surface area contributed by atoms with Crippen LogP contribution in [0.25, 0.3) is 11.1 Å². The van der Waals surface area contributed by atoms with E-state index in [9.17, 15) is 4.79 Å². The minimum atomic E-state index is -0.323. The van der Waals surface area contributed by atoms with Gasteiger partial charge in [-0.1, -0.05) is 48.5 Å². The lowest BCUT2D eigenvalue weighted by atomic mass is 9.98. The predicted molar refractivity (Wildman–Crippen MR) is 140 cm³/mol. The molecule has 1 atom stereocenters. The Balaban J connectivity index is 1.75. The minimum Gasteiger partial charge on any atom is -0.384 e. The normalized spacial score (nSPS) is 16.1. The Morgan fingerprint density at radius 1 is 1.00 bits per heavy atom. The lowest BCUT2D eigenvalue weighted by Crippen LogP contribution is -2.43. The van der Waals surface area contributed by atoms with Gasteiger partial charge in [-0.2, -0.15) is 0 Å². The van der Waals surface area contributed by atoms with Crippen molar-refractivity contribution < 1.29 is 4.79 Å². The van der Waals surface area contributed by atoms with Gasteiger partial charge in [-0.3, -0.25) is 10.2 Å². The standard InChI is InChI=1S/C28H33N5O/c1-32(2)19-22-8-3-4-11-25(22)20-13-15-23(16-14-20)33(26-12-5-6-17-31-28(26)34)24-10-7-9-21(18-24)27(29)30/h3-4,7-11,13-16,18,26H,5-6,12,17,19H2,1-2H3,(H3,29,30)(H,31,34). The number of carbonyl (C=O) groups excluding carboxylic acids is 1. The number of nitrogens with one attached hydrogen (secondary N) is 2. The van der Waals surface area contributed by atoms with Crippen LogP contribution in [0.15, 0.2) is 72.8 Å². The molecule has 0 aromatic heterocycles. The molecule has 0 bridgehead atoms. The molecule has 1 heterocycles. The van der Waals surface area contributed by atoms with Crippen LogP contribution in [0.4, 0.5) is 11.4 Å². The van der Waals surface area contributed by atoms with Gasteiger partial charge in [0.1, 0.15) is 11.9 Å². The Morgan fingerprint density at radius 3 is 2.50 bits per heavy atom. The van der Waals surface area contributed by atoms with E-state index in [4.69, 9.17) is 11.1 Å². The zero-order chi connectivity index (χ0) is 24.1. The Bertz CT molecular complexity index is 1160. The van der Waals surface area contributed by atoms with E-state index in [2.05, 4.69) is 77.7 Å².